The molecule has 1 aromatic carbocycles. The lowest BCUT2D eigenvalue weighted by molar-refractivity contribution is 0.101. The second kappa shape index (κ2) is 4.31. The summed E-state index contributed by atoms with van der Waals surface area (Å²) in [7, 11) is 0. The number of benzene rings is 1. The zero-order chi connectivity index (χ0) is 11.7. The summed E-state index contributed by atoms with van der Waals surface area (Å²) in [5.41, 5.74) is 0.975. The summed E-state index contributed by atoms with van der Waals surface area (Å²) in [5, 5.41) is 2.55. The van der Waals surface area contributed by atoms with Gasteiger partial charge in [-0.3, -0.25) is 4.79 Å². The average molecular weight is 256 g/mol. The van der Waals surface area contributed by atoms with E-state index in [2.05, 4.69) is 4.98 Å². The van der Waals surface area contributed by atoms with E-state index in [9.17, 15) is 9.18 Å². The number of aromatic nitrogens is 1. The maximum atomic E-state index is 13.1. The molecule has 0 saturated carbocycles. The molecule has 1 heterocycles. The molecule has 1 aromatic heterocycles. The Balaban J connectivity index is 2.46. The van der Waals surface area contributed by atoms with Crippen molar-refractivity contribution in [1.29, 1.82) is 0 Å². The minimum Gasteiger partial charge on any atom is -0.293 e. The molecule has 2 aromatic rings. The van der Waals surface area contributed by atoms with E-state index >= 15 is 0 Å². The first kappa shape index (κ1) is 11.2. The minimum absolute atomic E-state index is 0.106. The number of hydrogen-bond acceptors (Lipinski definition) is 3. The van der Waals surface area contributed by atoms with E-state index in [1.165, 1.54) is 30.4 Å². The lowest BCUT2D eigenvalue weighted by Gasteiger charge is -1.97. The van der Waals surface area contributed by atoms with Crippen LogP contribution in [0.15, 0.2) is 23.6 Å². The third-order valence-electron chi connectivity index (χ3n) is 1.97. The van der Waals surface area contributed by atoms with Crippen LogP contribution in [0.2, 0.25) is 5.02 Å². The van der Waals surface area contributed by atoms with E-state index in [1.54, 1.807) is 11.4 Å². The highest BCUT2D eigenvalue weighted by molar-refractivity contribution is 7.13. The molecule has 16 heavy (non-hydrogen) atoms. The van der Waals surface area contributed by atoms with Gasteiger partial charge in [0.15, 0.2) is 5.78 Å². The molecule has 0 aliphatic heterocycles. The van der Waals surface area contributed by atoms with Crippen molar-refractivity contribution < 1.29 is 9.18 Å². The van der Waals surface area contributed by atoms with Gasteiger partial charge in [-0.05, 0) is 18.2 Å². The molecule has 0 aliphatic carbocycles. The van der Waals surface area contributed by atoms with Gasteiger partial charge in [0.25, 0.3) is 0 Å². The summed E-state index contributed by atoms with van der Waals surface area (Å²) in [6.45, 7) is 1.44. The lowest BCUT2D eigenvalue weighted by atomic mass is 10.2. The van der Waals surface area contributed by atoms with E-state index in [-0.39, 0.29) is 5.78 Å². The molecular formula is C11H7ClFNOS. The Bertz CT molecular complexity index is 532. The van der Waals surface area contributed by atoms with Crippen LogP contribution in [-0.4, -0.2) is 10.8 Å². The molecule has 0 atom stereocenters. The topological polar surface area (TPSA) is 30.0 Å². The summed E-state index contributed by atoms with van der Waals surface area (Å²) in [6.07, 6.45) is 0. The average Bonchev–Trinajstić information content (AvgIpc) is 2.64. The number of halogens is 2. The molecule has 82 valence electrons. The van der Waals surface area contributed by atoms with Crippen molar-refractivity contribution in [1.82, 2.24) is 4.98 Å². The molecule has 0 bridgehead atoms. The summed E-state index contributed by atoms with van der Waals surface area (Å²) in [6, 6.07) is 4.19. The first-order valence-corrected chi connectivity index (χ1v) is 5.75. The second-order valence-corrected chi connectivity index (χ2v) is 4.55. The fraction of sp³-hybridized carbons (Fsp3) is 0.0909. The molecule has 2 rings (SSSR count). The molecular weight excluding hydrogens is 249 g/mol. The van der Waals surface area contributed by atoms with Crippen molar-refractivity contribution in [3.8, 4) is 10.6 Å². The van der Waals surface area contributed by atoms with Gasteiger partial charge in [0, 0.05) is 22.9 Å². The van der Waals surface area contributed by atoms with Gasteiger partial charge in [0.05, 0.1) is 0 Å². The Kier molecular flexibility index (Phi) is 3.03. The minimum atomic E-state index is -0.415. The van der Waals surface area contributed by atoms with Crippen molar-refractivity contribution in [2.75, 3.05) is 0 Å². The van der Waals surface area contributed by atoms with Crippen LogP contribution >= 0.6 is 22.9 Å². The number of thiazole rings is 1. The van der Waals surface area contributed by atoms with E-state index in [0.717, 1.165) is 0 Å². The van der Waals surface area contributed by atoms with Crippen molar-refractivity contribution in [2.24, 2.45) is 0 Å². The summed E-state index contributed by atoms with van der Waals surface area (Å²) in [4.78, 5) is 15.2. The highest BCUT2D eigenvalue weighted by Gasteiger charge is 2.09. The summed E-state index contributed by atoms with van der Waals surface area (Å²) in [5.74, 6) is -0.521. The highest BCUT2D eigenvalue weighted by atomic mass is 35.5. The number of carbonyl (C=O) groups is 1. The van der Waals surface area contributed by atoms with Crippen LogP contribution in [0, 0.1) is 5.82 Å². The molecule has 0 spiro atoms. The Labute approximate surface area is 101 Å². The number of hydrogen-bond donors (Lipinski definition) is 0. The van der Waals surface area contributed by atoms with Gasteiger partial charge in [-0.1, -0.05) is 11.6 Å². The Morgan fingerprint density at radius 1 is 1.44 bits per heavy atom. The van der Waals surface area contributed by atoms with Gasteiger partial charge < -0.3 is 0 Å². The van der Waals surface area contributed by atoms with E-state index in [1.807, 2.05) is 0 Å². The predicted octanol–water partition coefficient (Wildman–Crippen LogP) is 3.81. The van der Waals surface area contributed by atoms with Crippen molar-refractivity contribution >= 4 is 28.7 Å². The van der Waals surface area contributed by atoms with Crippen LogP contribution in [0.1, 0.15) is 17.4 Å². The highest BCUT2D eigenvalue weighted by Crippen LogP contribution is 2.27. The van der Waals surface area contributed by atoms with Gasteiger partial charge >= 0.3 is 0 Å². The molecule has 0 N–H and O–H groups in total. The maximum Gasteiger partial charge on any atom is 0.178 e. The van der Waals surface area contributed by atoms with E-state index in [0.29, 0.717) is 21.3 Å². The molecule has 0 unspecified atom stereocenters. The molecule has 2 nitrogen and oxygen atoms in total. The molecule has 0 fully saturated rings. The van der Waals surface area contributed by atoms with Gasteiger partial charge in [0.2, 0.25) is 0 Å². The fourth-order valence-electron chi connectivity index (χ4n) is 1.25. The third-order valence-corrected chi connectivity index (χ3v) is 3.08. The van der Waals surface area contributed by atoms with Crippen LogP contribution in [0.5, 0.6) is 0 Å². The smallest absolute Gasteiger partial charge is 0.178 e. The monoisotopic (exact) mass is 255 g/mol. The second-order valence-electron chi connectivity index (χ2n) is 3.25. The lowest BCUT2D eigenvalue weighted by Crippen LogP contribution is -1.91. The Morgan fingerprint density at radius 3 is 2.75 bits per heavy atom. The van der Waals surface area contributed by atoms with Gasteiger partial charge in [-0.15, -0.1) is 11.3 Å². The number of rotatable bonds is 2. The zero-order valence-electron chi connectivity index (χ0n) is 8.33. The number of carbonyl (C=O) groups excluding carboxylic acids is 1. The SMILES string of the molecule is CC(=O)c1csc(-c2cc(F)cc(Cl)c2)n1. The van der Waals surface area contributed by atoms with Crippen molar-refractivity contribution in [3.05, 3.63) is 40.1 Å². The normalized spacial score (nSPS) is 10.4. The van der Waals surface area contributed by atoms with Gasteiger partial charge in [-0.25, -0.2) is 9.37 Å². The third kappa shape index (κ3) is 2.28. The molecule has 0 aliphatic rings. The van der Waals surface area contributed by atoms with Crippen LogP contribution in [0.3, 0.4) is 0 Å². The van der Waals surface area contributed by atoms with E-state index < -0.39 is 5.82 Å². The standard InChI is InChI=1S/C11H7ClFNOS/c1-6(15)10-5-16-11(14-10)7-2-8(12)4-9(13)3-7/h2-5H,1H3. The zero-order valence-corrected chi connectivity index (χ0v) is 9.90. The molecule has 0 saturated heterocycles. The van der Waals surface area contributed by atoms with Gasteiger partial charge in [0.1, 0.15) is 16.5 Å². The Hall–Kier alpha value is -1.26. The largest absolute Gasteiger partial charge is 0.293 e. The predicted molar refractivity (Wildman–Crippen MR) is 62.5 cm³/mol. The first-order valence-electron chi connectivity index (χ1n) is 4.49. The van der Waals surface area contributed by atoms with Crippen molar-refractivity contribution in [2.45, 2.75) is 6.92 Å². The summed E-state index contributed by atoms with van der Waals surface area (Å²) >= 11 is 7.03. The van der Waals surface area contributed by atoms with E-state index in [4.69, 9.17) is 11.6 Å². The number of ketones is 1. The summed E-state index contributed by atoms with van der Waals surface area (Å²) < 4.78 is 13.1. The van der Waals surface area contributed by atoms with Gasteiger partial charge in [-0.2, -0.15) is 0 Å². The number of nitrogens with zero attached hydrogens (tertiary/aromatic N) is 1. The first-order chi connectivity index (χ1) is 7.56. The quantitative estimate of drug-likeness (QED) is 0.764. The number of Topliss-reactive ketones (excluding diaryl/α,β-unsaturated/α-hetero) is 1. The van der Waals surface area contributed by atoms with Crippen molar-refractivity contribution in [3.63, 3.8) is 0 Å². The molecule has 0 amide bonds. The fourth-order valence-corrected chi connectivity index (χ4v) is 2.31. The molecule has 5 heteroatoms. The van der Waals surface area contributed by atoms with Crippen LogP contribution in [-0.2, 0) is 0 Å². The molecule has 0 radical (unpaired) electrons. The van der Waals surface area contributed by atoms with Crippen LogP contribution < -0.4 is 0 Å². The van der Waals surface area contributed by atoms with Crippen LogP contribution in [0.25, 0.3) is 10.6 Å². The Morgan fingerprint density at radius 2 is 2.19 bits per heavy atom. The maximum absolute atomic E-state index is 13.1. The van der Waals surface area contributed by atoms with Crippen LogP contribution in [0.4, 0.5) is 4.39 Å².